The van der Waals surface area contributed by atoms with E-state index in [1.165, 1.54) is 25.3 Å². The molecule has 2 heterocycles. The zero-order valence-corrected chi connectivity index (χ0v) is 11.7. The van der Waals surface area contributed by atoms with Crippen LogP contribution in [0.15, 0.2) is 33.7 Å². The lowest BCUT2D eigenvalue weighted by Crippen LogP contribution is -2.13. The van der Waals surface area contributed by atoms with Crippen LogP contribution in [0.4, 0.5) is 5.69 Å². The van der Waals surface area contributed by atoms with E-state index in [1.54, 1.807) is 0 Å². The molecule has 0 aliphatic heterocycles. The Hall–Kier alpha value is -2.06. The van der Waals surface area contributed by atoms with E-state index in [0.717, 1.165) is 6.07 Å². The van der Waals surface area contributed by atoms with Gasteiger partial charge in [0, 0.05) is 12.3 Å². The highest BCUT2D eigenvalue weighted by atomic mass is 35.5. The van der Waals surface area contributed by atoms with E-state index in [0.29, 0.717) is 0 Å². The Morgan fingerprint density at radius 2 is 2.15 bits per heavy atom. The number of carboxylic acid groups (broad SMARTS) is 1. The number of furan rings is 1. The molecule has 0 spiro atoms. The molecule has 7 nitrogen and oxygen atoms in total. The second-order valence-corrected chi connectivity index (χ2v) is 5.85. The first-order valence-electron chi connectivity index (χ1n) is 5.28. The van der Waals surface area contributed by atoms with Gasteiger partial charge < -0.3 is 9.52 Å². The number of aromatic nitrogens is 1. The summed E-state index contributed by atoms with van der Waals surface area (Å²) in [5.41, 5.74) is 0.211. The van der Waals surface area contributed by atoms with Gasteiger partial charge in [-0.15, -0.1) is 0 Å². The van der Waals surface area contributed by atoms with Crippen molar-refractivity contribution in [3.05, 3.63) is 41.1 Å². The Balaban J connectivity index is 2.38. The summed E-state index contributed by atoms with van der Waals surface area (Å²) >= 11 is 5.65. The molecule has 9 heteroatoms. The number of nitrogens with one attached hydrogen (secondary N) is 1. The number of aromatic carboxylic acids is 1. The summed E-state index contributed by atoms with van der Waals surface area (Å²) in [6, 6.07) is 3.69. The number of nitrogens with zero attached hydrogens (tertiary/aromatic N) is 1. The van der Waals surface area contributed by atoms with E-state index in [-0.39, 0.29) is 21.5 Å². The molecule has 0 atom stereocenters. The SMILES string of the molecule is Cc1oc(C(=O)O)cc1S(=O)(=O)Nc1ccnc(Cl)c1. The molecule has 0 saturated carbocycles. The quantitative estimate of drug-likeness (QED) is 0.836. The minimum absolute atomic E-state index is 0.0185. The van der Waals surface area contributed by atoms with Crippen LogP contribution in [0.2, 0.25) is 5.15 Å². The summed E-state index contributed by atoms with van der Waals surface area (Å²) < 4.78 is 31.4. The van der Waals surface area contributed by atoms with E-state index in [1.807, 2.05) is 0 Å². The first-order valence-corrected chi connectivity index (χ1v) is 7.14. The fraction of sp³-hybridized carbons (Fsp3) is 0.0909. The maximum Gasteiger partial charge on any atom is 0.371 e. The van der Waals surface area contributed by atoms with Gasteiger partial charge in [-0.1, -0.05) is 11.6 Å². The second-order valence-electron chi connectivity index (χ2n) is 3.81. The van der Waals surface area contributed by atoms with Crippen molar-refractivity contribution in [1.82, 2.24) is 4.98 Å². The van der Waals surface area contributed by atoms with Gasteiger partial charge in [-0.2, -0.15) is 0 Å². The monoisotopic (exact) mass is 316 g/mol. The summed E-state index contributed by atoms with van der Waals surface area (Å²) in [5.74, 6) is -1.81. The number of halogens is 1. The van der Waals surface area contributed by atoms with Crippen LogP contribution in [0, 0.1) is 6.92 Å². The molecule has 106 valence electrons. The van der Waals surface area contributed by atoms with E-state index in [2.05, 4.69) is 9.71 Å². The molecule has 20 heavy (non-hydrogen) atoms. The predicted octanol–water partition coefficient (Wildman–Crippen LogP) is 2.14. The number of carbonyl (C=O) groups is 1. The summed E-state index contributed by atoms with van der Waals surface area (Å²) in [7, 11) is -3.97. The van der Waals surface area contributed by atoms with Crippen molar-refractivity contribution >= 4 is 33.3 Å². The predicted molar refractivity (Wildman–Crippen MR) is 70.5 cm³/mol. The first-order chi connectivity index (χ1) is 9.29. The molecule has 0 aromatic carbocycles. The van der Waals surface area contributed by atoms with Crippen LogP contribution < -0.4 is 4.72 Å². The molecule has 0 aliphatic carbocycles. The fourth-order valence-corrected chi connectivity index (χ4v) is 2.92. The van der Waals surface area contributed by atoms with Gasteiger partial charge in [0.15, 0.2) is 0 Å². The van der Waals surface area contributed by atoms with Gasteiger partial charge in [-0.25, -0.2) is 18.2 Å². The van der Waals surface area contributed by atoms with Crippen LogP contribution in [-0.4, -0.2) is 24.5 Å². The van der Waals surface area contributed by atoms with Crippen molar-refractivity contribution in [3.8, 4) is 0 Å². The van der Waals surface area contributed by atoms with Crippen LogP contribution >= 0.6 is 11.6 Å². The molecule has 2 aromatic rings. The van der Waals surface area contributed by atoms with Crippen LogP contribution in [-0.2, 0) is 10.0 Å². The average molecular weight is 317 g/mol. The third-order valence-electron chi connectivity index (χ3n) is 2.35. The molecule has 0 fully saturated rings. The molecule has 0 unspecified atom stereocenters. The molecule has 2 aromatic heterocycles. The van der Waals surface area contributed by atoms with Gasteiger partial charge in [-0.3, -0.25) is 4.72 Å². The molecule has 0 radical (unpaired) electrons. The van der Waals surface area contributed by atoms with E-state index >= 15 is 0 Å². The number of rotatable bonds is 4. The highest BCUT2D eigenvalue weighted by Gasteiger charge is 2.24. The van der Waals surface area contributed by atoms with Gasteiger partial charge in [0.25, 0.3) is 10.0 Å². The van der Waals surface area contributed by atoms with Crippen LogP contribution in [0.3, 0.4) is 0 Å². The number of anilines is 1. The molecule has 0 bridgehead atoms. The van der Waals surface area contributed by atoms with Crippen molar-refractivity contribution in [2.45, 2.75) is 11.8 Å². The Morgan fingerprint density at radius 3 is 2.70 bits per heavy atom. The lowest BCUT2D eigenvalue weighted by Gasteiger charge is -2.06. The normalized spacial score (nSPS) is 11.3. The standard InChI is InChI=1S/C11H9ClN2O5S/c1-6-9(5-8(19-6)11(15)16)20(17,18)14-7-2-3-13-10(12)4-7/h2-5H,1H3,(H,13,14)(H,15,16). The highest BCUT2D eigenvalue weighted by molar-refractivity contribution is 7.92. The Kier molecular flexibility index (Phi) is 3.69. The maximum atomic E-state index is 12.1. The van der Waals surface area contributed by atoms with Gasteiger partial charge in [-0.05, 0) is 19.1 Å². The zero-order valence-electron chi connectivity index (χ0n) is 10.1. The summed E-state index contributed by atoms with van der Waals surface area (Å²) in [6.45, 7) is 1.36. The third-order valence-corrected chi connectivity index (χ3v) is 4.05. The minimum atomic E-state index is -3.97. The number of sulfonamides is 1. The van der Waals surface area contributed by atoms with Gasteiger partial charge in [0.2, 0.25) is 5.76 Å². The largest absolute Gasteiger partial charge is 0.475 e. The fourth-order valence-electron chi connectivity index (χ4n) is 1.51. The van der Waals surface area contributed by atoms with Crippen molar-refractivity contribution in [1.29, 1.82) is 0 Å². The molecule has 0 aliphatic rings. The summed E-state index contributed by atoms with van der Waals surface area (Å²) in [4.78, 5) is 14.2. The van der Waals surface area contributed by atoms with Crippen molar-refractivity contribution in [2.24, 2.45) is 0 Å². The number of hydrogen-bond acceptors (Lipinski definition) is 5. The Bertz CT molecular complexity index is 769. The minimum Gasteiger partial charge on any atom is -0.475 e. The number of carboxylic acids is 1. The molecule has 0 amide bonds. The van der Waals surface area contributed by atoms with Crippen LogP contribution in [0.5, 0.6) is 0 Å². The van der Waals surface area contributed by atoms with Gasteiger partial charge in [0.05, 0.1) is 5.69 Å². The third kappa shape index (κ3) is 2.91. The second kappa shape index (κ2) is 5.14. The topological polar surface area (TPSA) is 109 Å². The van der Waals surface area contributed by atoms with Gasteiger partial charge >= 0.3 is 5.97 Å². The van der Waals surface area contributed by atoms with Crippen molar-refractivity contribution in [3.63, 3.8) is 0 Å². The van der Waals surface area contributed by atoms with Crippen molar-refractivity contribution < 1.29 is 22.7 Å². The highest BCUT2D eigenvalue weighted by Crippen LogP contribution is 2.23. The summed E-state index contributed by atoms with van der Waals surface area (Å²) in [5, 5.41) is 8.91. The van der Waals surface area contributed by atoms with Gasteiger partial charge in [0.1, 0.15) is 15.8 Å². The molecular weight excluding hydrogens is 308 g/mol. The zero-order chi connectivity index (χ0) is 14.9. The number of hydrogen-bond donors (Lipinski definition) is 2. The van der Waals surface area contributed by atoms with E-state index < -0.39 is 21.8 Å². The summed E-state index contributed by atoms with van der Waals surface area (Å²) in [6.07, 6.45) is 1.34. The number of aryl methyl sites for hydroxylation is 1. The average Bonchev–Trinajstić information content (AvgIpc) is 2.71. The van der Waals surface area contributed by atoms with Crippen molar-refractivity contribution in [2.75, 3.05) is 4.72 Å². The molecule has 0 saturated heterocycles. The lowest BCUT2D eigenvalue weighted by molar-refractivity contribution is 0.0661. The lowest BCUT2D eigenvalue weighted by atomic mass is 10.4. The van der Waals surface area contributed by atoms with E-state index in [4.69, 9.17) is 21.1 Å². The molecular formula is C11H9ClN2O5S. The van der Waals surface area contributed by atoms with E-state index in [9.17, 15) is 13.2 Å². The number of pyridine rings is 1. The van der Waals surface area contributed by atoms with Crippen LogP contribution in [0.25, 0.3) is 0 Å². The smallest absolute Gasteiger partial charge is 0.371 e. The Morgan fingerprint density at radius 1 is 1.45 bits per heavy atom. The first kappa shape index (κ1) is 14.4. The molecule has 2 N–H and O–H groups in total. The molecule has 2 rings (SSSR count). The van der Waals surface area contributed by atoms with Crippen LogP contribution in [0.1, 0.15) is 16.3 Å². The maximum absolute atomic E-state index is 12.1. The Labute approximate surface area is 119 Å².